The lowest BCUT2D eigenvalue weighted by Gasteiger charge is -2.08. The predicted octanol–water partition coefficient (Wildman–Crippen LogP) is 2.33. The van der Waals surface area contributed by atoms with E-state index in [1.54, 1.807) is 0 Å². The lowest BCUT2D eigenvalue weighted by atomic mass is 10.0. The molecule has 3 nitrogen and oxygen atoms in total. The van der Waals surface area contributed by atoms with E-state index < -0.39 is 17.2 Å². The van der Waals surface area contributed by atoms with Gasteiger partial charge in [-0.2, -0.15) is 0 Å². The van der Waals surface area contributed by atoms with Crippen LogP contribution < -0.4 is 5.56 Å². The Balaban J connectivity index is 2.82. The molecule has 5 heteroatoms. The first kappa shape index (κ1) is 11.4. The maximum Gasteiger partial charge on any atom is 0.254 e. The van der Waals surface area contributed by atoms with Crippen LogP contribution in [0, 0.1) is 25.5 Å². The standard InChI is InChI=1S/C12H10F2N2O/c1-6-3-4-8(13)9(10(6)14)11-7(2)12(17)16-5-15-11/h3-5H,1-2H3,(H,15,16,17). The van der Waals surface area contributed by atoms with Crippen molar-refractivity contribution in [2.45, 2.75) is 13.8 Å². The Hall–Kier alpha value is -2.04. The van der Waals surface area contributed by atoms with E-state index in [1.807, 2.05) is 0 Å². The minimum atomic E-state index is -0.727. The smallest absolute Gasteiger partial charge is 0.254 e. The molecule has 1 N–H and O–H groups in total. The number of H-pyrrole nitrogens is 1. The third-order valence-corrected chi connectivity index (χ3v) is 2.61. The van der Waals surface area contributed by atoms with E-state index >= 15 is 0 Å². The Kier molecular flexibility index (Phi) is 2.75. The van der Waals surface area contributed by atoms with Gasteiger partial charge in [-0.05, 0) is 25.5 Å². The third kappa shape index (κ3) is 1.84. The Morgan fingerprint density at radius 2 is 1.94 bits per heavy atom. The van der Waals surface area contributed by atoms with Crippen LogP contribution in [0.5, 0.6) is 0 Å². The highest BCUT2D eigenvalue weighted by atomic mass is 19.1. The zero-order chi connectivity index (χ0) is 12.6. The molecule has 0 saturated carbocycles. The molecule has 0 bridgehead atoms. The Morgan fingerprint density at radius 3 is 2.65 bits per heavy atom. The number of benzene rings is 1. The number of aromatic amines is 1. The number of aryl methyl sites for hydroxylation is 1. The summed E-state index contributed by atoms with van der Waals surface area (Å²) in [5.74, 6) is -1.42. The van der Waals surface area contributed by atoms with E-state index in [4.69, 9.17) is 0 Å². The third-order valence-electron chi connectivity index (χ3n) is 2.61. The Bertz CT molecular complexity index is 635. The van der Waals surface area contributed by atoms with E-state index in [0.717, 1.165) is 12.4 Å². The number of hydrogen-bond donors (Lipinski definition) is 1. The average molecular weight is 236 g/mol. The highest BCUT2D eigenvalue weighted by Crippen LogP contribution is 2.27. The molecule has 1 aromatic heterocycles. The molecule has 0 spiro atoms. The average Bonchev–Trinajstić information content (AvgIpc) is 2.30. The minimum absolute atomic E-state index is 0.0347. The fourth-order valence-electron chi connectivity index (χ4n) is 1.59. The number of hydrogen-bond acceptors (Lipinski definition) is 2. The first-order valence-electron chi connectivity index (χ1n) is 5.01. The number of halogens is 2. The highest BCUT2D eigenvalue weighted by molar-refractivity contribution is 5.64. The normalized spacial score (nSPS) is 10.6. The van der Waals surface area contributed by atoms with Crippen LogP contribution >= 0.6 is 0 Å². The van der Waals surface area contributed by atoms with E-state index in [1.165, 1.54) is 19.9 Å². The highest BCUT2D eigenvalue weighted by Gasteiger charge is 2.17. The Morgan fingerprint density at radius 1 is 1.24 bits per heavy atom. The second-order valence-electron chi connectivity index (χ2n) is 3.76. The monoisotopic (exact) mass is 236 g/mol. The summed E-state index contributed by atoms with van der Waals surface area (Å²) < 4.78 is 27.5. The molecule has 0 amide bonds. The van der Waals surface area contributed by atoms with Crippen LogP contribution in [-0.4, -0.2) is 9.97 Å². The van der Waals surface area contributed by atoms with Gasteiger partial charge in [0.15, 0.2) is 0 Å². The molecule has 0 atom stereocenters. The number of rotatable bonds is 1. The zero-order valence-corrected chi connectivity index (χ0v) is 9.34. The van der Waals surface area contributed by atoms with E-state index in [9.17, 15) is 13.6 Å². The van der Waals surface area contributed by atoms with Crippen molar-refractivity contribution in [2.24, 2.45) is 0 Å². The molecule has 2 rings (SSSR count). The van der Waals surface area contributed by atoms with Crippen molar-refractivity contribution in [3.63, 3.8) is 0 Å². The number of aromatic nitrogens is 2. The van der Waals surface area contributed by atoms with E-state index in [-0.39, 0.29) is 16.8 Å². The first-order valence-corrected chi connectivity index (χ1v) is 5.01. The first-order chi connectivity index (χ1) is 8.02. The SMILES string of the molecule is Cc1ccc(F)c(-c2nc[nH]c(=O)c2C)c1F. The fourth-order valence-corrected chi connectivity index (χ4v) is 1.59. The number of nitrogens with one attached hydrogen (secondary N) is 1. The Labute approximate surface area is 96.2 Å². The van der Waals surface area contributed by atoms with Gasteiger partial charge in [-0.15, -0.1) is 0 Å². The van der Waals surface area contributed by atoms with Gasteiger partial charge in [0.25, 0.3) is 5.56 Å². The van der Waals surface area contributed by atoms with Crippen LogP contribution in [0.2, 0.25) is 0 Å². The summed E-state index contributed by atoms with van der Waals surface area (Å²) in [6.45, 7) is 3.00. The minimum Gasteiger partial charge on any atom is -0.313 e. The van der Waals surface area contributed by atoms with Crippen LogP contribution in [-0.2, 0) is 0 Å². The maximum atomic E-state index is 13.9. The van der Waals surface area contributed by atoms with Crippen LogP contribution in [0.1, 0.15) is 11.1 Å². The molecular formula is C12H10F2N2O. The van der Waals surface area contributed by atoms with Crippen molar-refractivity contribution < 1.29 is 8.78 Å². The van der Waals surface area contributed by atoms with Crippen molar-refractivity contribution in [3.05, 3.63) is 51.6 Å². The van der Waals surface area contributed by atoms with Gasteiger partial charge in [0.1, 0.15) is 11.6 Å². The second kappa shape index (κ2) is 4.08. The van der Waals surface area contributed by atoms with Crippen LogP contribution in [0.25, 0.3) is 11.3 Å². The molecule has 0 unspecified atom stereocenters. The van der Waals surface area contributed by atoms with Gasteiger partial charge in [0.2, 0.25) is 0 Å². The van der Waals surface area contributed by atoms with E-state index in [2.05, 4.69) is 9.97 Å². The van der Waals surface area contributed by atoms with Crippen molar-refractivity contribution in [1.29, 1.82) is 0 Å². The molecule has 0 radical (unpaired) electrons. The van der Waals surface area contributed by atoms with E-state index in [0.29, 0.717) is 5.56 Å². The van der Waals surface area contributed by atoms with Gasteiger partial charge >= 0.3 is 0 Å². The summed E-state index contributed by atoms with van der Waals surface area (Å²) in [5, 5.41) is 0. The molecule has 1 aromatic carbocycles. The fraction of sp³-hybridized carbons (Fsp3) is 0.167. The largest absolute Gasteiger partial charge is 0.313 e. The van der Waals surface area contributed by atoms with Crippen LogP contribution in [0.3, 0.4) is 0 Å². The van der Waals surface area contributed by atoms with Crippen molar-refractivity contribution in [3.8, 4) is 11.3 Å². The lowest BCUT2D eigenvalue weighted by molar-refractivity contribution is 0.582. The second-order valence-corrected chi connectivity index (χ2v) is 3.76. The summed E-state index contributed by atoms with van der Waals surface area (Å²) in [6, 6.07) is 2.51. The van der Waals surface area contributed by atoms with Gasteiger partial charge in [-0.25, -0.2) is 13.8 Å². The summed E-state index contributed by atoms with van der Waals surface area (Å²) in [6.07, 6.45) is 1.13. The summed E-state index contributed by atoms with van der Waals surface area (Å²) in [5.41, 5.74) is -0.130. The summed E-state index contributed by atoms with van der Waals surface area (Å²) >= 11 is 0. The molecule has 0 aliphatic rings. The van der Waals surface area contributed by atoms with Crippen LogP contribution in [0.15, 0.2) is 23.3 Å². The predicted molar refractivity (Wildman–Crippen MR) is 59.7 cm³/mol. The van der Waals surface area contributed by atoms with Gasteiger partial charge < -0.3 is 4.98 Å². The quantitative estimate of drug-likeness (QED) is 0.826. The van der Waals surface area contributed by atoms with Crippen molar-refractivity contribution in [2.75, 3.05) is 0 Å². The molecule has 1 heterocycles. The lowest BCUT2D eigenvalue weighted by Crippen LogP contribution is -2.12. The van der Waals surface area contributed by atoms with Gasteiger partial charge in [-0.3, -0.25) is 4.79 Å². The zero-order valence-electron chi connectivity index (χ0n) is 9.34. The molecule has 2 aromatic rings. The molecule has 88 valence electrons. The van der Waals surface area contributed by atoms with Crippen LogP contribution in [0.4, 0.5) is 8.78 Å². The topological polar surface area (TPSA) is 45.8 Å². The molecule has 0 saturated heterocycles. The molecule has 0 aliphatic heterocycles. The van der Waals surface area contributed by atoms with Gasteiger partial charge in [0, 0.05) is 5.56 Å². The number of nitrogens with zero attached hydrogens (tertiary/aromatic N) is 1. The van der Waals surface area contributed by atoms with Gasteiger partial charge in [0.05, 0.1) is 17.6 Å². The molecule has 0 fully saturated rings. The maximum absolute atomic E-state index is 13.9. The van der Waals surface area contributed by atoms with Gasteiger partial charge in [-0.1, -0.05) is 6.07 Å². The van der Waals surface area contributed by atoms with Crippen molar-refractivity contribution in [1.82, 2.24) is 9.97 Å². The molecule has 0 aliphatic carbocycles. The summed E-state index contributed by atoms with van der Waals surface area (Å²) in [4.78, 5) is 17.6. The van der Waals surface area contributed by atoms with Crippen molar-refractivity contribution >= 4 is 0 Å². The molecular weight excluding hydrogens is 226 g/mol. The summed E-state index contributed by atoms with van der Waals surface area (Å²) in [7, 11) is 0. The molecule has 17 heavy (non-hydrogen) atoms.